The van der Waals surface area contributed by atoms with Crippen LogP contribution in [0.15, 0.2) is 0 Å². The van der Waals surface area contributed by atoms with Gasteiger partial charge in [0.1, 0.15) is 0 Å². The van der Waals surface area contributed by atoms with Crippen LogP contribution in [-0.2, 0) is 9.47 Å². The van der Waals surface area contributed by atoms with Crippen molar-refractivity contribution in [1.29, 1.82) is 0 Å². The lowest BCUT2D eigenvalue weighted by molar-refractivity contribution is -0.157. The number of ether oxygens (including phenoxy) is 2. The monoisotopic (exact) mass is 129 g/mol. The molecule has 0 amide bonds. The van der Waals surface area contributed by atoms with Crippen LogP contribution >= 0.6 is 0 Å². The first-order valence-electron chi connectivity index (χ1n) is 3.39. The van der Waals surface area contributed by atoms with Crippen molar-refractivity contribution in [2.45, 2.75) is 26.6 Å². The normalized spacial score (nSPS) is 24.7. The van der Waals surface area contributed by atoms with Crippen molar-refractivity contribution in [3.05, 3.63) is 5.92 Å². The summed E-state index contributed by atoms with van der Waals surface area (Å²) in [6.07, 6.45) is 1.08. The van der Waals surface area contributed by atoms with E-state index in [1.54, 1.807) is 0 Å². The van der Waals surface area contributed by atoms with Crippen LogP contribution in [0.3, 0.4) is 0 Å². The van der Waals surface area contributed by atoms with Gasteiger partial charge in [0.05, 0.1) is 13.2 Å². The molecule has 1 aliphatic rings. The van der Waals surface area contributed by atoms with Crippen LogP contribution in [0.2, 0.25) is 0 Å². The van der Waals surface area contributed by atoms with E-state index in [2.05, 4.69) is 6.92 Å². The summed E-state index contributed by atoms with van der Waals surface area (Å²) < 4.78 is 10.4. The predicted molar refractivity (Wildman–Crippen MR) is 34.9 cm³/mol. The zero-order valence-electron chi connectivity index (χ0n) is 6.02. The molecule has 53 valence electrons. The lowest BCUT2D eigenvalue weighted by Crippen LogP contribution is -2.28. The Morgan fingerprint density at radius 1 is 1.44 bits per heavy atom. The highest BCUT2D eigenvalue weighted by Crippen LogP contribution is 2.14. The van der Waals surface area contributed by atoms with Crippen molar-refractivity contribution < 1.29 is 9.47 Å². The van der Waals surface area contributed by atoms with Crippen LogP contribution in [-0.4, -0.2) is 19.5 Å². The number of hydrogen-bond acceptors (Lipinski definition) is 2. The topological polar surface area (TPSA) is 18.5 Å². The Morgan fingerprint density at radius 2 is 2.00 bits per heavy atom. The predicted octanol–water partition coefficient (Wildman–Crippen LogP) is 1.36. The zero-order valence-corrected chi connectivity index (χ0v) is 6.02. The van der Waals surface area contributed by atoms with Crippen molar-refractivity contribution in [3.8, 4) is 0 Å². The molecule has 1 radical (unpaired) electrons. The van der Waals surface area contributed by atoms with Gasteiger partial charge in [-0.1, -0.05) is 6.92 Å². The van der Waals surface area contributed by atoms with E-state index < -0.39 is 0 Å². The van der Waals surface area contributed by atoms with Gasteiger partial charge in [-0.3, -0.25) is 0 Å². The molecule has 0 unspecified atom stereocenters. The van der Waals surface area contributed by atoms with Crippen LogP contribution in [0.25, 0.3) is 0 Å². The SMILES string of the molecule is CC[C]1COC(C)OC1. The first kappa shape index (κ1) is 7.03. The van der Waals surface area contributed by atoms with Gasteiger partial charge in [-0.2, -0.15) is 0 Å². The summed E-state index contributed by atoms with van der Waals surface area (Å²) in [6.45, 7) is 5.62. The summed E-state index contributed by atoms with van der Waals surface area (Å²) in [7, 11) is 0. The third-order valence-electron chi connectivity index (χ3n) is 1.54. The fourth-order valence-corrected chi connectivity index (χ4v) is 0.764. The highest BCUT2D eigenvalue weighted by Gasteiger charge is 2.16. The minimum Gasteiger partial charge on any atom is -0.352 e. The first-order chi connectivity index (χ1) is 4.33. The molecule has 2 heteroatoms. The molecule has 0 aromatic heterocycles. The third-order valence-corrected chi connectivity index (χ3v) is 1.54. The minimum atomic E-state index is 0.000278. The summed E-state index contributed by atoms with van der Waals surface area (Å²) in [5, 5.41) is 0. The molecule has 1 fully saturated rings. The molecular formula is C7H13O2. The Bertz CT molecular complexity index is 75.0. The van der Waals surface area contributed by atoms with Gasteiger partial charge in [0.25, 0.3) is 0 Å². The van der Waals surface area contributed by atoms with Gasteiger partial charge in [0.15, 0.2) is 6.29 Å². The van der Waals surface area contributed by atoms with Crippen LogP contribution < -0.4 is 0 Å². The van der Waals surface area contributed by atoms with E-state index >= 15 is 0 Å². The van der Waals surface area contributed by atoms with Gasteiger partial charge in [0.2, 0.25) is 0 Å². The van der Waals surface area contributed by atoms with Gasteiger partial charge in [-0.15, -0.1) is 0 Å². The molecule has 9 heavy (non-hydrogen) atoms. The molecule has 0 aromatic carbocycles. The van der Waals surface area contributed by atoms with Gasteiger partial charge in [0, 0.05) is 5.92 Å². The maximum Gasteiger partial charge on any atom is 0.154 e. The first-order valence-corrected chi connectivity index (χ1v) is 3.39. The summed E-state index contributed by atoms with van der Waals surface area (Å²) >= 11 is 0. The second kappa shape index (κ2) is 3.18. The van der Waals surface area contributed by atoms with E-state index in [0.717, 1.165) is 19.6 Å². The summed E-state index contributed by atoms with van der Waals surface area (Å²) in [4.78, 5) is 0. The number of hydrogen-bond donors (Lipinski definition) is 0. The van der Waals surface area contributed by atoms with Gasteiger partial charge < -0.3 is 9.47 Å². The minimum absolute atomic E-state index is 0.000278. The Morgan fingerprint density at radius 3 is 2.44 bits per heavy atom. The Labute approximate surface area is 56.2 Å². The Balaban J connectivity index is 2.18. The molecule has 1 saturated heterocycles. The van der Waals surface area contributed by atoms with Crippen molar-refractivity contribution >= 4 is 0 Å². The van der Waals surface area contributed by atoms with E-state index in [9.17, 15) is 0 Å². The molecular weight excluding hydrogens is 116 g/mol. The molecule has 0 aromatic rings. The van der Waals surface area contributed by atoms with Crippen LogP contribution in [0.1, 0.15) is 20.3 Å². The molecule has 0 bridgehead atoms. The standard InChI is InChI=1S/C7H13O2/c1-3-7-4-8-6(2)9-5-7/h6H,3-5H2,1-2H3. The van der Waals surface area contributed by atoms with Crippen molar-refractivity contribution in [3.63, 3.8) is 0 Å². The second-order valence-electron chi connectivity index (χ2n) is 2.29. The van der Waals surface area contributed by atoms with Crippen LogP contribution in [0.5, 0.6) is 0 Å². The average Bonchev–Trinajstić information content (AvgIpc) is 1.90. The fourth-order valence-electron chi connectivity index (χ4n) is 0.764. The Hall–Kier alpha value is -0.0800. The van der Waals surface area contributed by atoms with E-state index in [4.69, 9.17) is 9.47 Å². The van der Waals surface area contributed by atoms with Gasteiger partial charge in [-0.05, 0) is 13.3 Å². The third kappa shape index (κ3) is 1.95. The molecule has 0 saturated carbocycles. The molecule has 0 N–H and O–H groups in total. The largest absolute Gasteiger partial charge is 0.352 e. The molecule has 1 heterocycles. The van der Waals surface area contributed by atoms with Crippen LogP contribution in [0, 0.1) is 5.92 Å². The maximum atomic E-state index is 5.22. The van der Waals surface area contributed by atoms with Crippen molar-refractivity contribution in [2.75, 3.05) is 13.2 Å². The average molecular weight is 129 g/mol. The summed E-state index contributed by atoms with van der Waals surface area (Å²) in [5.41, 5.74) is 0. The van der Waals surface area contributed by atoms with E-state index in [-0.39, 0.29) is 6.29 Å². The van der Waals surface area contributed by atoms with Crippen molar-refractivity contribution in [2.24, 2.45) is 0 Å². The van der Waals surface area contributed by atoms with Gasteiger partial charge in [-0.25, -0.2) is 0 Å². The Kier molecular flexibility index (Phi) is 2.49. The molecule has 1 rings (SSSR count). The summed E-state index contributed by atoms with van der Waals surface area (Å²) in [6, 6.07) is 0. The quantitative estimate of drug-likeness (QED) is 0.532. The fraction of sp³-hybridized carbons (Fsp3) is 0.857. The molecule has 1 aliphatic heterocycles. The smallest absolute Gasteiger partial charge is 0.154 e. The maximum absolute atomic E-state index is 5.22. The lowest BCUT2D eigenvalue weighted by atomic mass is 10.1. The lowest BCUT2D eigenvalue weighted by Gasteiger charge is -2.25. The second-order valence-corrected chi connectivity index (χ2v) is 2.29. The zero-order chi connectivity index (χ0) is 6.69. The molecule has 0 aliphatic carbocycles. The molecule has 2 nitrogen and oxygen atoms in total. The highest BCUT2D eigenvalue weighted by atomic mass is 16.7. The highest BCUT2D eigenvalue weighted by molar-refractivity contribution is 4.89. The van der Waals surface area contributed by atoms with E-state index in [0.29, 0.717) is 0 Å². The van der Waals surface area contributed by atoms with Crippen LogP contribution in [0.4, 0.5) is 0 Å². The molecule has 0 spiro atoms. The van der Waals surface area contributed by atoms with Crippen molar-refractivity contribution in [1.82, 2.24) is 0 Å². The number of rotatable bonds is 1. The molecule has 0 atom stereocenters. The van der Waals surface area contributed by atoms with Gasteiger partial charge >= 0.3 is 0 Å². The van der Waals surface area contributed by atoms with E-state index in [1.165, 1.54) is 5.92 Å². The summed E-state index contributed by atoms with van der Waals surface area (Å²) in [5.74, 6) is 1.35. The van der Waals surface area contributed by atoms with E-state index in [1.807, 2.05) is 6.92 Å².